The van der Waals surface area contributed by atoms with Crippen molar-refractivity contribution in [3.05, 3.63) is 12.0 Å². The Balaban J connectivity index is 2.83. The Bertz CT molecular complexity index is 215. The van der Waals surface area contributed by atoms with Gasteiger partial charge in [-0.1, -0.05) is 13.3 Å². The number of anilines is 1. The zero-order chi connectivity index (χ0) is 7.56. The van der Waals surface area contributed by atoms with Crippen molar-refractivity contribution in [3.63, 3.8) is 0 Å². The minimum atomic E-state index is 0.793. The molecule has 0 fully saturated rings. The Hall–Kier alpha value is -0.990. The highest BCUT2D eigenvalue weighted by molar-refractivity contribution is 5.35. The Labute approximate surface area is 60.9 Å². The van der Waals surface area contributed by atoms with E-state index in [1.807, 2.05) is 11.6 Å². The fourth-order valence-corrected chi connectivity index (χ4v) is 0.918. The Morgan fingerprint density at radius 2 is 2.40 bits per heavy atom. The molecule has 0 unspecified atom stereocenters. The lowest BCUT2D eigenvalue weighted by Gasteiger charge is -1.95. The van der Waals surface area contributed by atoms with Gasteiger partial charge in [-0.15, -0.1) is 0 Å². The first-order valence-corrected chi connectivity index (χ1v) is 3.51. The average molecular weight is 139 g/mol. The van der Waals surface area contributed by atoms with Crippen LogP contribution in [0, 0.1) is 0 Å². The Morgan fingerprint density at radius 1 is 1.70 bits per heavy atom. The maximum Gasteiger partial charge on any atom is 0.126 e. The van der Waals surface area contributed by atoms with Crippen LogP contribution >= 0.6 is 0 Å². The van der Waals surface area contributed by atoms with E-state index in [-0.39, 0.29) is 0 Å². The van der Waals surface area contributed by atoms with E-state index in [1.165, 1.54) is 0 Å². The Kier molecular flexibility index (Phi) is 1.94. The molecule has 0 aliphatic heterocycles. The van der Waals surface area contributed by atoms with Gasteiger partial charge in [0.15, 0.2) is 0 Å². The second kappa shape index (κ2) is 2.73. The van der Waals surface area contributed by atoms with Gasteiger partial charge in [0, 0.05) is 7.05 Å². The molecular formula is C7H13N3. The second-order valence-corrected chi connectivity index (χ2v) is 2.44. The van der Waals surface area contributed by atoms with Crippen LogP contribution in [0.5, 0.6) is 0 Å². The van der Waals surface area contributed by atoms with Crippen molar-refractivity contribution in [2.45, 2.75) is 19.8 Å². The van der Waals surface area contributed by atoms with E-state index < -0.39 is 0 Å². The van der Waals surface area contributed by atoms with E-state index >= 15 is 0 Å². The highest BCUT2D eigenvalue weighted by Gasteiger charge is 2.01. The lowest BCUT2D eigenvalue weighted by atomic mass is 10.2. The third kappa shape index (κ3) is 1.12. The van der Waals surface area contributed by atoms with Crippen LogP contribution in [0.1, 0.15) is 19.0 Å². The monoisotopic (exact) mass is 139 g/mol. The number of nitrogen functional groups attached to an aromatic ring is 1. The smallest absolute Gasteiger partial charge is 0.126 e. The van der Waals surface area contributed by atoms with Gasteiger partial charge in [0.1, 0.15) is 5.82 Å². The SMILES string of the molecule is CCCc1ncn(C)c1N. The van der Waals surface area contributed by atoms with Crippen LogP contribution in [0.25, 0.3) is 0 Å². The molecule has 3 heteroatoms. The maximum absolute atomic E-state index is 5.69. The molecule has 0 saturated carbocycles. The predicted octanol–water partition coefficient (Wildman–Crippen LogP) is 0.955. The molecule has 1 aromatic heterocycles. The van der Waals surface area contributed by atoms with Gasteiger partial charge in [-0.3, -0.25) is 0 Å². The van der Waals surface area contributed by atoms with Gasteiger partial charge in [-0.2, -0.15) is 0 Å². The van der Waals surface area contributed by atoms with Crippen molar-refractivity contribution in [2.75, 3.05) is 5.73 Å². The van der Waals surface area contributed by atoms with Crippen molar-refractivity contribution >= 4 is 5.82 Å². The molecule has 0 radical (unpaired) electrons. The van der Waals surface area contributed by atoms with E-state index in [0.29, 0.717) is 0 Å². The van der Waals surface area contributed by atoms with Gasteiger partial charge in [0.2, 0.25) is 0 Å². The van der Waals surface area contributed by atoms with Crippen molar-refractivity contribution in [1.82, 2.24) is 9.55 Å². The van der Waals surface area contributed by atoms with E-state index in [4.69, 9.17) is 5.73 Å². The quantitative estimate of drug-likeness (QED) is 0.663. The van der Waals surface area contributed by atoms with Gasteiger partial charge in [-0.05, 0) is 6.42 Å². The summed E-state index contributed by atoms with van der Waals surface area (Å²) in [6, 6.07) is 0. The number of nitrogens with two attached hydrogens (primary N) is 1. The molecule has 0 spiro atoms. The molecule has 1 aromatic rings. The van der Waals surface area contributed by atoms with Gasteiger partial charge in [0.25, 0.3) is 0 Å². The van der Waals surface area contributed by atoms with E-state index in [0.717, 1.165) is 24.4 Å². The fourth-order valence-electron chi connectivity index (χ4n) is 0.918. The van der Waals surface area contributed by atoms with Crippen LogP contribution in [-0.4, -0.2) is 9.55 Å². The molecule has 0 saturated heterocycles. The fraction of sp³-hybridized carbons (Fsp3) is 0.571. The van der Waals surface area contributed by atoms with Gasteiger partial charge >= 0.3 is 0 Å². The highest BCUT2D eigenvalue weighted by Crippen LogP contribution is 2.09. The van der Waals surface area contributed by atoms with E-state index in [1.54, 1.807) is 6.33 Å². The summed E-state index contributed by atoms with van der Waals surface area (Å²) >= 11 is 0. The number of hydrogen-bond acceptors (Lipinski definition) is 2. The first-order valence-electron chi connectivity index (χ1n) is 3.51. The van der Waals surface area contributed by atoms with Crippen LogP contribution in [0.15, 0.2) is 6.33 Å². The van der Waals surface area contributed by atoms with Crippen LogP contribution in [0.2, 0.25) is 0 Å². The number of nitrogens with zero attached hydrogens (tertiary/aromatic N) is 2. The summed E-state index contributed by atoms with van der Waals surface area (Å²) in [6.07, 6.45) is 3.83. The number of hydrogen-bond donors (Lipinski definition) is 1. The van der Waals surface area contributed by atoms with Gasteiger partial charge in [0.05, 0.1) is 12.0 Å². The molecule has 1 rings (SSSR count). The molecular weight excluding hydrogens is 126 g/mol. The van der Waals surface area contributed by atoms with Gasteiger partial charge in [-0.25, -0.2) is 4.98 Å². The maximum atomic E-state index is 5.69. The molecule has 56 valence electrons. The number of aryl methyl sites for hydroxylation is 2. The summed E-state index contributed by atoms with van der Waals surface area (Å²) in [7, 11) is 1.90. The molecule has 0 amide bonds. The molecule has 1 heterocycles. The first-order chi connectivity index (χ1) is 4.75. The first kappa shape index (κ1) is 7.12. The minimum absolute atomic E-state index is 0.793. The van der Waals surface area contributed by atoms with Crippen LogP contribution in [-0.2, 0) is 13.5 Å². The summed E-state index contributed by atoms with van der Waals surface area (Å²) in [5, 5.41) is 0. The second-order valence-electron chi connectivity index (χ2n) is 2.44. The van der Waals surface area contributed by atoms with Crippen molar-refractivity contribution in [1.29, 1.82) is 0 Å². The van der Waals surface area contributed by atoms with Crippen molar-refractivity contribution < 1.29 is 0 Å². The molecule has 3 nitrogen and oxygen atoms in total. The zero-order valence-corrected chi connectivity index (χ0v) is 6.46. The largest absolute Gasteiger partial charge is 0.384 e. The normalized spacial score (nSPS) is 10.2. The standard InChI is InChI=1S/C7H13N3/c1-3-4-6-7(8)10(2)5-9-6/h5H,3-4,8H2,1-2H3. The molecule has 0 aromatic carbocycles. The number of aromatic nitrogens is 2. The molecule has 2 N–H and O–H groups in total. The van der Waals surface area contributed by atoms with Crippen molar-refractivity contribution in [2.24, 2.45) is 7.05 Å². The summed E-state index contributed by atoms with van der Waals surface area (Å²) in [4.78, 5) is 4.14. The predicted molar refractivity (Wildman–Crippen MR) is 41.6 cm³/mol. The molecule has 0 aliphatic rings. The van der Waals surface area contributed by atoms with E-state index in [9.17, 15) is 0 Å². The topological polar surface area (TPSA) is 43.8 Å². The minimum Gasteiger partial charge on any atom is -0.384 e. The lowest BCUT2D eigenvalue weighted by Crippen LogP contribution is -1.97. The third-order valence-corrected chi connectivity index (χ3v) is 1.55. The van der Waals surface area contributed by atoms with Crippen LogP contribution in [0.4, 0.5) is 5.82 Å². The summed E-state index contributed by atoms with van der Waals surface area (Å²) in [6.45, 7) is 2.12. The van der Waals surface area contributed by atoms with Crippen LogP contribution < -0.4 is 5.73 Å². The molecule has 0 bridgehead atoms. The van der Waals surface area contributed by atoms with Crippen LogP contribution in [0.3, 0.4) is 0 Å². The van der Waals surface area contributed by atoms with E-state index in [2.05, 4.69) is 11.9 Å². The summed E-state index contributed by atoms with van der Waals surface area (Å²) in [5.41, 5.74) is 6.71. The summed E-state index contributed by atoms with van der Waals surface area (Å²) < 4.78 is 1.84. The number of rotatable bonds is 2. The highest BCUT2D eigenvalue weighted by atomic mass is 15.1. The van der Waals surface area contributed by atoms with Gasteiger partial charge < -0.3 is 10.3 Å². The zero-order valence-electron chi connectivity index (χ0n) is 6.46. The molecule has 0 aliphatic carbocycles. The lowest BCUT2D eigenvalue weighted by molar-refractivity contribution is 0.892. The average Bonchev–Trinajstić information content (AvgIpc) is 2.20. The summed E-state index contributed by atoms with van der Waals surface area (Å²) in [5.74, 6) is 0.793. The molecule has 10 heavy (non-hydrogen) atoms. The third-order valence-electron chi connectivity index (χ3n) is 1.55. The number of imidazole rings is 1. The van der Waals surface area contributed by atoms with Crippen molar-refractivity contribution in [3.8, 4) is 0 Å². The molecule has 0 atom stereocenters. The Morgan fingerprint density at radius 3 is 2.80 bits per heavy atom.